The van der Waals surface area contributed by atoms with Crippen molar-refractivity contribution >= 4 is 9.84 Å². The highest BCUT2D eigenvalue weighted by Crippen LogP contribution is 2.24. The first-order valence-electron chi connectivity index (χ1n) is 6.39. The van der Waals surface area contributed by atoms with Crippen molar-refractivity contribution in [1.82, 2.24) is 0 Å². The van der Waals surface area contributed by atoms with Gasteiger partial charge in [0.15, 0.2) is 9.84 Å². The lowest BCUT2D eigenvalue weighted by molar-refractivity contribution is 0.147. The van der Waals surface area contributed by atoms with Crippen LogP contribution in [0.1, 0.15) is 24.0 Å². The minimum absolute atomic E-state index is 0.134. The van der Waals surface area contributed by atoms with Crippen LogP contribution in [-0.4, -0.2) is 31.1 Å². The number of sulfone groups is 1. The zero-order chi connectivity index (χ0) is 13.2. The number of hydrogen-bond acceptors (Lipinski definition) is 3. The van der Waals surface area contributed by atoms with Crippen molar-refractivity contribution in [2.24, 2.45) is 5.92 Å². The van der Waals surface area contributed by atoms with E-state index in [9.17, 15) is 13.5 Å². The average Bonchev–Trinajstić information content (AvgIpc) is 2.57. The second kappa shape index (κ2) is 5.41. The second-order valence-corrected chi connectivity index (χ2v) is 7.58. The molecule has 1 aromatic rings. The Labute approximate surface area is 109 Å². The Balaban J connectivity index is 1.88. The fourth-order valence-electron chi connectivity index (χ4n) is 2.64. The van der Waals surface area contributed by atoms with Crippen LogP contribution in [0.5, 0.6) is 0 Å². The van der Waals surface area contributed by atoms with E-state index < -0.39 is 15.9 Å². The molecule has 100 valence electrons. The quantitative estimate of drug-likeness (QED) is 0.904. The molecule has 0 aliphatic carbocycles. The summed E-state index contributed by atoms with van der Waals surface area (Å²) in [6, 6.07) is 8.08. The van der Waals surface area contributed by atoms with E-state index in [-0.39, 0.29) is 17.4 Å². The number of aliphatic hydroxyl groups is 1. The van der Waals surface area contributed by atoms with Crippen LogP contribution in [0.15, 0.2) is 24.3 Å². The van der Waals surface area contributed by atoms with Gasteiger partial charge >= 0.3 is 0 Å². The molecule has 1 heterocycles. The monoisotopic (exact) mass is 268 g/mol. The summed E-state index contributed by atoms with van der Waals surface area (Å²) in [6.07, 6.45) is 1.46. The smallest absolute Gasteiger partial charge is 0.150 e. The number of benzene rings is 1. The fourth-order valence-corrected chi connectivity index (χ4v) is 4.52. The van der Waals surface area contributed by atoms with Crippen LogP contribution in [0.25, 0.3) is 0 Å². The maximum Gasteiger partial charge on any atom is 0.150 e. The van der Waals surface area contributed by atoms with Gasteiger partial charge in [-0.25, -0.2) is 8.42 Å². The summed E-state index contributed by atoms with van der Waals surface area (Å²) in [5.74, 6) is 0.669. The van der Waals surface area contributed by atoms with Crippen LogP contribution in [0.4, 0.5) is 0 Å². The zero-order valence-electron chi connectivity index (χ0n) is 10.7. The van der Waals surface area contributed by atoms with Crippen molar-refractivity contribution in [3.8, 4) is 0 Å². The summed E-state index contributed by atoms with van der Waals surface area (Å²) in [5, 5.41) is 10.0. The van der Waals surface area contributed by atoms with Crippen LogP contribution >= 0.6 is 0 Å². The molecular formula is C14H20O3S. The Hall–Kier alpha value is -0.870. The van der Waals surface area contributed by atoms with E-state index in [1.807, 2.05) is 25.1 Å². The van der Waals surface area contributed by atoms with Crippen molar-refractivity contribution in [2.75, 3.05) is 11.5 Å². The van der Waals surface area contributed by atoms with Crippen LogP contribution in [0.2, 0.25) is 0 Å². The lowest BCUT2D eigenvalue weighted by Gasteiger charge is -2.14. The molecule has 1 N–H and O–H groups in total. The van der Waals surface area contributed by atoms with E-state index in [2.05, 4.69) is 6.07 Å². The summed E-state index contributed by atoms with van der Waals surface area (Å²) in [5.41, 5.74) is 2.30. The summed E-state index contributed by atoms with van der Waals surface area (Å²) in [7, 11) is -2.83. The SMILES string of the molecule is Cc1cccc(CC(O)CC2CCS(=O)(=O)C2)c1. The number of hydrogen-bond donors (Lipinski definition) is 1. The molecule has 0 radical (unpaired) electrons. The molecule has 18 heavy (non-hydrogen) atoms. The van der Waals surface area contributed by atoms with Gasteiger partial charge in [-0.15, -0.1) is 0 Å². The second-order valence-electron chi connectivity index (χ2n) is 5.35. The lowest BCUT2D eigenvalue weighted by atomic mass is 9.96. The van der Waals surface area contributed by atoms with Gasteiger partial charge in [-0.2, -0.15) is 0 Å². The molecule has 0 saturated carbocycles. The molecule has 4 heteroatoms. The Kier molecular flexibility index (Phi) is 4.07. The first-order chi connectivity index (χ1) is 8.44. The van der Waals surface area contributed by atoms with Crippen molar-refractivity contribution in [1.29, 1.82) is 0 Å². The molecule has 3 nitrogen and oxygen atoms in total. The van der Waals surface area contributed by atoms with Crippen molar-refractivity contribution in [2.45, 2.75) is 32.3 Å². The first-order valence-corrected chi connectivity index (χ1v) is 8.21. The average molecular weight is 268 g/mol. The molecule has 0 aromatic heterocycles. The summed E-state index contributed by atoms with van der Waals surface area (Å²) in [6.45, 7) is 2.03. The summed E-state index contributed by atoms with van der Waals surface area (Å²) >= 11 is 0. The standard InChI is InChI=1S/C14H20O3S/c1-11-3-2-4-12(7-11)8-14(15)9-13-5-6-18(16,17)10-13/h2-4,7,13-15H,5-6,8-10H2,1H3. The van der Waals surface area contributed by atoms with Gasteiger partial charge < -0.3 is 5.11 Å². The van der Waals surface area contributed by atoms with E-state index in [4.69, 9.17) is 0 Å². The van der Waals surface area contributed by atoms with Crippen LogP contribution in [0.3, 0.4) is 0 Å². The van der Waals surface area contributed by atoms with Gasteiger partial charge in [0.25, 0.3) is 0 Å². The molecular weight excluding hydrogens is 248 g/mol. The highest BCUT2D eigenvalue weighted by Gasteiger charge is 2.29. The minimum atomic E-state index is -2.83. The van der Waals surface area contributed by atoms with Gasteiger partial charge in [-0.05, 0) is 37.7 Å². The topological polar surface area (TPSA) is 54.4 Å². The van der Waals surface area contributed by atoms with E-state index in [1.54, 1.807) is 0 Å². The summed E-state index contributed by atoms with van der Waals surface area (Å²) in [4.78, 5) is 0. The third-order valence-electron chi connectivity index (χ3n) is 3.49. The maximum atomic E-state index is 11.3. The molecule has 2 rings (SSSR count). The van der Waals surface area contributed by atoms with Gasteiger partial charge in [0.1, 0.15) is 0 Å². The largest absolute Gasteiger partial charge is 0.393 e. The van der Waals surface area contributed by atoms with Crippen LogP contribution in [0, 0.1) is 12.8 Å². The summed E-state index contributed by atoms with van der Waals surface area (Å²) < 4.78 is 22.7. The number of rotatable bonds is 4. The van der Waals surface area contributed by atoms with E-state index in [0.717, 1.165) is 5.56 Å². The van der Waals surface area contributed by atoms with Gasteiger partial charge in [0.05, 0.1) is 17.6 Å². The van der Waals surface area contributed by atoms with E-state index >= 15 is 0 Å². The lowest BCUT2D eigenvalue weighted by Crippen LogP contribution is -2.17. The molecule has 1 aliphatic rings. The molecule has 1 fully saturated rings. The fraction of sp³-hybridized carbons (Fsp3) is 0.571. The predicted molar refractivity (Wildman–Crippen MR) is 72.3 cm³/mol. The van der Waals surface area contributed by atoms with Crippen molar-refractivity contribution in [3.05, 3.63) is 35.4 Å². The van der Waals surface area contributed by atoms with Crippen molar-refractivity contribution in [3.63, 3.8) is 0 Å². The molecule has 0 bridgehead atoms. The molecule has 2 atom stereocenters. The Morgan fingerprint density at radius 2 is 2.22 bits per heavy atom. The van der Waals surface area contributed by atoms with Gasteiger partial charge in [-0.1, -0.05) is 29.8 Å². The third-order valence-corrected chi connectivity index (χ3v) is 5.32. The minimum Gasteiger partial charge on any atom is -0.393 e. The van der Waals surface area contributed by atoms with E-state index in [1.165, 1.54) is 5.56 Å². The van der Waals surface area contributed by atoms with E-state index in [0.29, 0.717) is 19.3 Å². The highest BCUT2D eigenvalue weighted by atomic mass is 32.2. The molecule has 0 amide bonds. The molecule has 1 saturated heterocycles. The Morgan fingerprint density at radius 1 is 1.44 bits per heavy atom. The maximum absolute atomic E-state index is 11.3. The normalized spacial score (nSPS) is 24.0. The molecule has 2 unspecified atom stereocenters. The van der Waals surface area contributed by atoms with Crippen LogP contribution < -0.4 is 0 Å². The number of aliphatic hydroxyl groups excluding tert-OH is 1. The Morgan fingerprint density at radius 3 is 2.83 bits per heavy atom. The van der Waals surface area contributed by atoms with Gasteiger partial charge in [-0.3, -0.25) is 0 Å². The Bertz CT molecular complexity index is 508. The number of aryl methyl sites for hydroxylation is 1. The van der Waals surface area contributed by atoms with Gasteiger partial charge in [0, 0.05) is 0 Å². The van der Waals surface area contributed by atoms with Crippen LogP contribution in [-0.2, 0) is 16.3 Å². The molecule has 1 aromatic carbocycles. The molecule has 0 spiro atoms. The molecule has 1 aliphatic heterocycles. The van der Waals surface area contributed by atoms with Crippen molar-refractivity contribution < 1.29 is 13.5 Å². The van der Waals surface area contributed by atoms with Gasteiger partial charge in [0.2, 0.25) is 0 Å². The first kappa shape index (κ1) is 13.6. The highest BCUT2D eigenvalue weighted by molar-refractivity contribution is 7.91. The zero-order valence-corrected chi connectivity index (χ0v) is 11.5. The third kappa shape index (κ3) is 3.82. The predicted octanol–water partition coefficient (Wildman–Crippen LogP) is 1.72.